The zero-order valence-corrected chi connectivity index (χ0v) is 21.4. The van der Waals surface area contributed by atoms with Crippen molar-refractivity contribution in [2.24, 2.45) is 0 Å². The number of benzene rings is 4. The molecule has 0 bridgehead atoms. The number of hydrogen-bond donors (Lipinski definition) is 0. The fourth-order valence-electron chi connectivity index (χ4n) is 6.11. The van der Waals surface area contributed by atoms with Crippen LogP contribution in [0.2, 0.25) is 0 Å². The molecule has 0 saturated carbocycles. The van der Waals surface area contributed by atoms with Crippen molar-refractivity contribution in [2.45, 2.75) is 33.1 Å². The lowest BCUT2D eigenvalue weighted by molar-refractivity contribution is 0.589. The molecule has 0 radical (unpaired) electrons. The van der Waals surface area contributed by atoms with Crippen LogP contribution in [0.25, 0.3) is 71.3 Å². The van der Waals surface area contributed by atoms with Crippen LogP contribution >= 0.6 is 0 Å². The predicted octanol–water partition coefficient (Wildman–Crippen LogP) is 9.40. The number of pyridine rings is 1. The maximum atomic E-state index is 6.52. The number of nitrogens with zero attached hydrogens (tertiary/aromatic N) is 2. The summed E-state index contributed by atoms with van der Waals surface area (Å²) in [5.41, 5.74) is 10.3. The Hall–Kier alpha value is -4.37. The summed E-state index contributed by atoms with van der Waals surface area (Å²) in [7, 11) is 0. The van der Waals surface area contributed by atoms with Crippen LogP contribution in [-0.2, 0) is 5.41 Å². The molecule has 4 aromatic carbocycles. The monoisotopic (exact) mass is 478 g/mol. The second-order valence-electron chi connectivity index (χ2n) is 11.4. The number of furan rings is 1. The van der Waals surface area contributed by atoms with Crippen LogP contribution in [0.3, 0.4) is 0 Å². The predicted molar refractivity (Wildman–Crippen MR) is 155 cm³/mol. The van der Waals surface area contributed by atoms with E-state index >= 15 is 0 Å². The van der Waals surface area contributed by atoms with Gasteiger partial charge in [-0.15, -0.1) is 0 Å². The molecule has 37 heavy (non-hydrogen) atoms. The van der Waals surface area contributed by atoms with Gasteiger partial charge < -0.3 is 8.82 Å². The van der Waals surface area contributed by atoms with E-state index in [1.807, 2.05) is 12.3 Å². The summed E-state index contributed by atoms with van der Waals surface area (Å²) >= 11 is 0. The minimum atomic E-state index is 0.0728. The van der Waals surface area contributed by atoms with Gasteiger partial charge in [0.05, 0.1) is 27.6 Å². The number of aromatic nitrogens is 2. The highest BCUT2D eigenvalue weighted by molar-refractivity contribution is 6.33. The first-order valence-corrected chi connectivity index (χ1v) is 12.9. The number of hydrogen-bond acceptors (Lipinski definition) is 2. The van der Waals surface area contributed by atoms with Crippen molar-refractivity contribution in [2.75, 3.05) is 0 Å². The van der Waals surface area contributed by atoms with Crippen molar-refractivity contribution < 1.29 is 4.42 Å². The fraction of sp³-hybridized carbons (Fsp3) is 0.147. The molecule has 0 aliphatic carbocycles. The molecule has 0 aliphatic heterocycles. The summed E-state index contributed by atoms with van der Waals surface area (Å²) in [6.07, 6.45) is 1.93. The lowest BCUT2D eigenvalue weighted by Crippen LogP contribution is -2.11. The van der Waals surface area contributed by atoms with Gasteiger partial charge in [0.2, 0.25) is 0 Å². The van der Waals surface area contributed by atoms with Crippen LogP contribution in [0, 0.1) is 6.92 Å². The molecule has 3 nitrogen and oxygen atoms in total. The van der Waals surface area contributed by atoms with Crippen LogP contribution in [-0.4, -0.2) is 9.38 Å². The van der Waals surface area contributed by atoms with E-state index in [1.54, 1.807) is 0 Å². The molecule has 0 atom stereocenters. The van der Waals surface area contributed by atoms with Crippen molar-refractivity contribution >= 4 is 60.0 Å². The zero-order valence-electron chi connectivity index (χ0n) is 21.4. The summed E-state index contributed by atoms with van der Waals surface area (Å²) in [5, 5.41) is 7.28. The normalized spacial score (nSPS) is 12.9. The van der Waals surface area contributed by atoms with Crippen molar-refractivity contribution in [3.05, 3.63) is 96.2 Å². The van der Waals surface area contributed by atoms with E-state index in [-0.39, 0.29) is 5.41 Å². The third kappa shape index (κ3) is 2.74. The molecule has 0 spiro atoms. The zero-order chi connectivity index (χ0) is 25.1. The van der Waals surface area contributed by atoms with Crippen LogP contribution in [0.15, 0.2) is 89.5 Å². The molecule has 0 fully saturated rings. The number of rotatable bonds is 1. The van der Waals surface area contributed by atoms with Gasteiger partial charge in [-0.1, -0.05) is 56.7 Å². The van der Waals surface area contributed by atoms with E-state index in [2.05, 4.69) is 105 Å². The summed E-state index contributed by atoms with van der Waals surface area (Å²) in [6.45, 7) is 8.90. The molecule has 4 heterocycles. The Labute approximate surface area is 214 Å². The summed E-state index contributed by atoms with van der Waals surface area (Å²) in [5.74, 6) is 0. The van der Waals surface area contributed by atoms with Gasteiger partial charge in [-0.25, -0.2) is 0 Å². The first-order valence-electron chi connectivity index (χ1n) is 12.9. The highest BCUT2D eigenvalue weighted by atomic mass is 16.3. The van der Waals surface area contributed by atoms with E-state index in [9.17, 15) is 0 Å². The van der Waals surface area contributed by atoms with Crippen LogP contribution < -0.4 is 0 Å². The van der Waals surface area contributed by atoms with Crippen molar-refractivity contribution in [1.29, 1.82) is 0 Å². The Morgan fingerprint density at radius 2 is 1.54 bits per heavy atom. The van der Waals surface area contributed by atoms with Crippen molar-refractivity contribution in [1.82, 2.24) is 9.38 Å². The van der Waals surface area contributed by atoms with Crippen LogP contribution in [0.4, 0.5) is 0 Å². The Bertz CT molecular complexity index is 2190. The molecule has 0 saturated heterocycles. The minimum Gasteiger partial charge on any atom is -0.455 e. The first-order chi connectivity index (χ1) is 17.9. The maximum Gasteiger partial charge on any atom is 0.145 e. The highest BCUT2D eigenvalue weighted by Gasteiger charge is 2.23. The molecule has 8 rings (SSSR count). The van der Waals surface area contributed by atoms with E-state index in [0.717, 1.165) is 27.8 Å². The van der Waals surface area contributed by atoms with Gasteiger partial charge in [-0.05, 0) is 66.4 Å². The van der Waals surface area contributed by atoms with E-state index in [0.29, 0.717) is 0 Å². The second kappa shape index (κ2) is 6.89. The summed E-state index contributed by atoms with van der Waals surface area (Å²) < 4.78 is 8.94. The third-order valence-electron chi connectivity index (χ3n) is 7.98. The van der Waals surface area contributed by atoms with Gasteiger partial charge >= 0.3 is 0 Å². The Balaban J connectivity index is 1.54. The molecule has 0 N–H and O–H groups in total. The molecule has 0 amide bonds. The van der Waals surface area contributed by atoms with E-state index < -0.39 is 0 Å². The van der Waals surface area contributed by atoms with E-state index in [4.69, 9.17) is 9.40 Å². The van der Waals surface area contributed by atoms with Gasteiger partial charge in [0.1, 0.15) is 11.2 Å². The number of fused-ring (bicyclic) bond motifs is 10. The Morgan fingerprint density at radius 1 is 0.730 bits per heavy atom. The maximum absolute atomic E-state index is 6.52. The average Bonchev–Trinajstić information content (AvgIpc) is 3.53. The number of aryl methyl sites for hydroxylation is 1. The second-order valence-corrected chi connectivity index (χ2v) is 11.4. The van der Waals surface area contributed by atoms with Gasteiger partial charge in [0.25, 0.3) is 0 Å². The fourth-order valence-corrected chi connectivity index (χ4v) is 6.11. The minimum absolute atomic E-state index is 0.0728. The third-order valence-corrected chi connectivity index (χ3v) is 7.98. The van der Waals surface area contributed by atoms with Gasteiger partial charge in [-0.2, -0.15) is 0 Å². The van der Waals surface area contributed by atoms with Gasteiger partial charge in [-0.3, -0.25) is 4.98 Å². The first kappa shape index (κ1) is 20.8. The molecule has 178 valence electrons. The Kier molecular flexibility index (Phi) is 3.87. The molecular weight excluding hydrogens is 452 g/mol. The largest absolute Gasteiger partial charge is 0.455 e. The van der Waals surface area contributed by atoms with Crippen molar-refractivity contribution in [3.63, 3.8) is 0 Å². The van der Waals surface area contributed by atoms with E-state index in [1.165, 1.54) is 54.6 Å². The topological polar surface area (TPSA) is 30.4 Å². The molecule has 3 heteroatoms. The number of para-hydroxylation sites is 1. The molecule has 0 aliphatic rings. The summed E-state index contributed by atoms with van der Waals surface area (Å²) in [4.78, 5) is 4.75. The molecular formula is C34H26N2O. The van der Waals surface area contributed by atoms with Crippen molar-refractivity contribution in [3.8, 4) is 11.3 Å². The average molecular weight is 479 g/mol. The smallest absolute Gasteiger partial charge is 0.145 e. The highest BCUT2D eigenvalue weighted by Crippen LogP contribution is 2.46. The SMILES string of the molecule is Cc1ccc2c(c1)c1c3oc4ccccc4c3cc3c4cc(-c5cc(C(C)(C)C)ccn5)ccc4n2c31. The lowest BCUT2D eigenvalue weighted by atomic mass is 9.87. The molecule has 0 unspecified atom stereocenters. The van der Waals surface area contributed by atoms with Gasteiger partial charge in [0, 0.05) is 38.7 Å². The van der Waals surface area contributed by atoms with Gasteiger partial charge in [0.15, 0.2) is 0 Å². The Morgan fingerprint density at radius 3 is 2.41 bits per heavy atom. The quantitative estimate of drug-likeness (QED) is 0.235. The van der Waals surface area contributed by atoms with Crippen LogP contribution in [0.1, 0.15) is 31.9 Å². The molecule has 8 aromatic rings. The van der Waals surface area contributed by atoms with Crippen LogP contribution in [0.5, 0.6) is 0 Å². The standard InChI is InChI=1S/C34H26N2O/c1-19-9-11-29-26(15-19)31-32-24(18-25-22-7-5-6-8-30(22)37-33(25)31)23-16-20(10-12-28(23)36(29)32)27-17-21(13-14-35-27)34(2,3)4/h5-18H,1-4H3. The summed E-state index contributed by atoms with van der Waals surface area (Å²) in [6, 6.07) is 28.6. The lowest BCUT2D eigenvalue weighted by Gasteiger charge is -2.19. The molecule has 4 aromatic heterocycles.